The zero-order chi connectivity index (χ0) is 17.5. The number of halogens is 2. The first-order valence-electron chi connectivity index (χ1n) is 9.34. The molecule has 0 aromatic heterocycles. The van der Waals surface area contributed by atoms with E-state index >= 15 is 0 Å². The number of nitrogens with zero attached hydrogens (tertiary/aromatic N) is 2. The minimum Gasteiger partial charge on any atom is -0.378 e. The second-order valence-corrected chi connectivity index (χ2v) is 6.79. The van der Waals surface area contributed by atoms with Crippen LogP contribution in [0, 0.1) is 5.82 Å². The maximum absolute atomic E-state index is 14.5. The number of nitrogens with one attached hydrogen (secondary N) is 2. The van der Waals surface area contributed by atoms with Gasteiger partial charge in [0.2, 0.25) is 0 Å². The van der Waals surface area contributed by atoms with Crippen LogP contribution in [0.15, 0.2) is 23.2 Å². The zero-order valence-corrected chi connectivity index (χ0v) is 17.8. The van der Waals surface area contributed by atoms with E-state index < -0.39 is 0 Å². The summed E-state index contributed by atoms with van der Waals surface area (Å²) in [5, 5.41) is 6.77. The molecule has 26 heavy (non-hydrogen) atoms. The van der Waals surface area contributed by atoms with E-state index in [0.29, 0.717) is 31.5 Å². The number of hydrogen-bond acceptors (Lipinski definition) is 3. The van der Waals surface area contributed by atoms with Gasteiger partial charge in [-0.15, -0.1) is 24.0 Å². The molecule has 1 aromatic rings. The largest absolute Gasteiger partial charge is 0.378 e. The molecule has 3 rings (SSSR count). The first kappa shape index (κ1) is 21.2. The molecule has 0 unspecified atom stereocenters. The fourth-order valence-corrected chi connectivity index (χ4v) is 3.54. The smallest absolute Gasteiger partial charge is 0.191 e. The van der Waals surface area contributed by atoms with E-state index in [1.165, 1.54) is 32.1 Å². The van der Waals surface area contributed by atoms with E-state index in [4.69, 9.17) is 4.74 Å². The molecular formula is C19H30FIN4O. The molecule has 2 N–H and O–H groups in total. The predicted octanol–water partition coefficient (Wildman–Crippen LogP) is 3.28. The van der Waals surface area contributed by atoms with Gasteiger partial charge in [0.1, 0.15) is 5.82 Å². The van der Waals surface area contributed by atoms with Crippen molar-refractivity contribution in [3.8, 4) is 0 Å². The zero-order valence-electron chi connectivity index (χ0n) is 15.5. The number of aliphatic imine (C=N–C) groups is 1. The third-order valence-electron chi connectivity index (χ3n) is 4.99. The van der Waals surface area contributed by atoms with Crippen LogP contribution in [0.2, 0.25) is 0 Å². The Kier molecular flexibility index (Phi) is 8.90. The van der Waals surface area contributed by atoms with Crippen molar-refractivity contribution in [2.24, 2.45) is 4.99 Å². The van der Waals surface area contributed by atoms with Crippen molar-refractivity contribution in [2.45, 2.75) is 44.7 Å². The van der Waals surface area contributed by atoms with Crippen molar-refractivity contribution in [3.63, 3.8) is 0 Å². The molecule has 1 saturated heterocycles. The minimum absolute atomic E-state index is 0. The Morgan fingerprint density at radius 2 is 1.96 bits per heavy atom. The standard InChI is InChI=1S/C19H29FN4O.HI/c1-21-19(23-16-5-3-2-4-6-16)22-14-15-7-8-18(17(20)13-15)24-9-11-25-12-10-24;/h7-8,13,16H,2-6,9-12,14H2,1H3,(H2,21,22,23);1H. The van der Waals surface area contributed by atoms with Gasteiger partial charge in [0, 0.05) is 32.7 Å². The van der Waals surface area contributed by atoms with E-state index in [1.54, 1.807) is 13.1 Å². The highest BCUT2D eigenvalue weighted by Gasteiger charge is 2.16. The van der Waals surface area contributed by atoms with Gasteiger partial charge in [0.25, 0.3) is 0 Å². The second-order valence-electron chi connectivity index (χ2n) is 6.79. The summed E-state index contributed by atoms with van der Waals surface area (Å²) in [5.41, 5.74) is 1.58. The fraction of sp³-hybridized carbons (Fsp3) is 0.632. The number of hydrogen-bond donors (Lipinski definition) is 2. The summed E-state index contributed by atoms with van der Waals surface area (Å²) in [6.45, 7) is 3.36. The lowest BCUT2D eigenvalue weighted by atomic mass is 9.96. The highest BCUT2D eigenvalue weighted by molar-refractivity contribution is 14.0. The monoisotopic (exact) mass is 476 g/mol. The predicted molar refractivity (Wildman–Crippen MR) is 115 cm³/mol. The molecule has 0 atom stereocenters. The van der Waals surface area contributed by atoms with Gasteiger partial charge in [-0.05, 0) is 30.5 Å². The summed E-state index contributed by atoms with van der Waals surface area (Å²) < 4.78 is 19.8. The Hall–Kier alpha value is -1.09. The van der Waals surface area contributed by atoms with Crippen LogP contribution < -0.4 is 15.5 Å². The van der Waals surface area contributed by atoms with E-state index in [2.05, 4.69) is 15.6 Å². The van der Waals surface area contributed by atoms with Crippen LogP contribution in [-0.2, 0) is 11.3 Å². The summed E-state index contributed by atoms with van der Waals surface area (Å²) in [5.74, 6) is 0.626. The lowest BCUT2D eigenvalue weighted by molar-refractivity contribution is 0.122. The summed E-state index contributed by atoms with van der Waals surface area (Å²) in [6, 6.07) is 5.97. The van der Waals surface area contributed by atoms with Gasteiger partial charge < -0.3 is 20.3 Å². The van der Waals surface area contributed by atoms with Crippen molar-refractivity contribution in [2.75, 3.05) is 38.3 Å². The van der Waals surface area contributed by atoms with Crippen LogP contribution >= 0.6 is 24.0 Å². The van der Waals surface area contributed by atoms with Crippen molar-refractivity contribution in [1.82, 2.24) is 10.6 Å². The third-order valence-corrected chi connectivity index (χ3v) is 4.99. The fourth-order valence-electron chi connectivity index (χ4n) is 3.54. The van der Waals surface area contributed by atoms with Crippen LogP contribution in [0.1, 0.15) is 37.7 Å². The van der Waals surface area contributed by atoms with Gasteiger partial charge >= 0.3 is 0 Å². The lowest BCUT2D eigenvalue weighted by Crippen LogP contribution is -2.43. The molecule has 5 nitrogen and oxygen atoms in total. The number of rotatable bonds is 4. The molecule has 0 spiro atoms. The molecule has 2 aliphatic rings. The van der Waals surface area contributed by atoms with Crippen molar-refractivity contribution in [3.05, 3.63) is 29.6 Å². The summed E-state index contributed by atoms with van der Waals surface area (Å²) >= 11 is 0. The second kappa shape index (κ2) is 10.9. The molecular weight excluding hydrogens is 446 g/mol. The molecule has 0 bridgehead atoms. The first-order chi connectivity index (χ1) is 12.3. The Morgan fingerprint density at radius 1 is 1.23 bits per heavy atom. The molecule has 7 heteroatoms. The molecule has 1 saturated carbocycles. The summed E-state index contributed by atoms with van der Waals surface area (Å²) in [4.78, 5) is 6.33. The van der Waals surface area contributed by atoms with Gasteiger partial charge in [0.15, 0.2) is 5.96 Å². The Morgan fingerprint density at radius 3 is 2.62 bits per heavy atom. The maximum atomic E-state index is 14.5. The van der Waals surface area contributed by atoms with Gasteiger partial charge in [0.05, 0.1) is 18.9 Å². The lowest BCUT2D eigenvalue weighted by Gasteiger charge is -2.29. The number of morpholine rings is 1. The third kappa shape index (κ3) is 5.97. The van der Waals surface area contributed by atoms with Crippen molar-refractivity contribution < 1.29 is 9.13 Å². The van der Waals surface area contributed by atoms with E-state index in [0.717, 1.165) is 24.6 Å². The maximum Gasteiger partial charge on any atom is 0.191 e. The van der Waals surface area contributed by atoms with Gasteiger partial charge in [-0.1, -0.05) is 25.3 Å². The van der Waals surface area contributed by atoms with E-state index in [1.807, 2.05) is 17.0 Å². The molecule has 2 fully saturated rings. The Balaban J connectivity index is 0.00000243. The molecule has 146 valence electrons. The quantitative estimate of drug-likeness (QED) is 0.398. The van der Waals surface area contributed by atoms with Crippen molar-refractivity contribution >= 4 is 35.6 Å². The SMILES string of the molecule is CN=C(NCc1ccc(N2CCOCC2)c(F)c1)NC1CCCCC1.I. The van der Waals surface area contributed by atoms with E-state index in [9.17, 15) is 4.39 Å². The van der Waals surface area contributed by atoms with Gasteiger partial charge in [-0.2, -0.15) is 0 Å². The van der Waals surface area contributed by atoms with Crippen LogP contribution in [0.25, 0.3) is 0 Å². The summed E-state index contributed by atoms with van der Waals surface area (Å²) in [7, 11) is 1.78. The molecule has 0 radical (unpaired) electrons. The number of benzene rings is 1. The highest BCUT2D eigenvalue weighted by Crippen LogP contribution is 2.21. The minimum atomic E-state index is -0.170. The van der Waals surface area contributed by atoms with Crippen LogP contribution in [0.4, 0.5) is 10.1 Å². The Bertz CT molecular complexity index is 587. The average Bonchev–Trinajstić information content (AvgIpc) is 2.66. The van der Waals surface area contributed by atoms with Crippen molar-refractivity contribution in [1.29, 1.82) is 0 Å². The summed E-state index contributed by atoms with van der Waals surface area (Å²) in [6.07, 6.45) is 6.29. The van der Waals surface area contributed by atoms with Crippen LogP contribution in [-0.4, -0.2) is 45.4 Å². The van der Waals surface area contributed by atoms with Crippen LogP contribution in [0.5, 0.6) is 0 Å². The molecule has 1 aliphatic carbocycles. The molecule has 1 aromatic carbocycles. The normalized spacial score (nSPS) is 19.0. The number of anilines is 1. The topological polar surface area (TPSA) is 48.9 Å². The Labute approximate surface area is 172 Å². The highest BCUT2D eigenvalue weighted by atomic mass is 127. The average molecular weight is 476 g/mol. The van der Waals surface area contributed by atoms with Crippen LogP contribution in [0.3, 0.4) is 0 Å². The van der Waals surface area contributed by atoms with Gasteiger partial charge in [-0.3, -0.25) is 4.99 Å². The van der Waals surface area contributed by atoms with E-state index in [-0.39, 0.29) is 29.8 Å². The number of ether oxygens (including phenoxy) is 1. The number of guanidine groups is 1. The van der Waals surface area contributed by atoms with Gasteiger partial charge in [-0.25, -0.2) is 4.39 Å². The molecule has 1 aliphatic heterocycles. The molecule has 0 amide bonds. The first-order valence-corrected chi connectivity index (χ1v) is 9.34. The molecule has 1 heterocycles.